The average molecular weight is 369 g/mol. The van der Waals surface area contributed by atoms with E-state index in [0.29, 0.717) is 22.4 Å². The highest BCUT2D eigenvalue weighted by molar-refractivity contribution is 5.78. The first kappa shape index (κ1) is 9.68. The second kappa shape index (κ2) is 7.31. The quantitative estimate of drug-likeness (QED) is 0.475. The van der Waals surface area contributed by atoms with Crippen molar-refractivity contribution in [2.24, 2.45) is 5.41 Å². The van der Waals surface area contributed by atoms with Crippen LogP contribution in [0.2, 0.25) is 0 Å². The standard InChI is InChI=1S/C26H31N/c1-17-12-19(3)25(20(4)13-17)23-14-22(10-8-18(23)2)24-11-9-21(16-27-24)15-26(5,6)7/h8-14,16H,15H2,1-7H3/i2D3,3D3,4D3,15D2. The van der Waals surface area contributed by atoms with Gasteiger partial charge in [0.25, 0.3) is 0 Å². The van der Waals surface area contributed by atoms with Crippen LogP contribution < -0.4 is 0 Å². The lowest BCUT2D eigenvalue weighted by molar-refractivity contribution is 0.411. The Hall–Kier alpha value is -2.41. The first-order valence-electron chi connectivity index (χ1n) is 14.3. The third-order valence-corrected chi connectivity index (χ3v) is 4.15. The average Bonchev–Trinajstić information content (AvgIpc) is 2.75. The number of pyridine rings is 1. The lowest BCUT2D eigenvalue weighted by atomic mass is 9.88. The Labute approximate surface area is 180 Å². The molecular weight excluding hydrogens is 326 g/mol. The van der Waals surface area contributed by atoms with Gasteiger partial charge in [0.15, 0.2) is 0 Å². The number of rotatable bonds is 3. The molecule has 1 aromatic heterocycles. The smallest absolute Gasteiger partial charge is 0.0702 e. The highest BCUT2D eigenvalue weighted by atomic mass is 14.7. The molecule has 0 fully saturated rings. The molecule has 2 aromatic carbocycles. The van der Waals surface area contributed by atoms with Gasteiger partial charge in [-0.05, 0) is 84.8 Å². The van der Waals surface area contributed by atoms with E-state index in [4.69, 9.17) is 15.1 Å². The number of hydrogen-bond donors (Lipinski definition) is 0. The molecule has 0 bridgehead atoms. The zero-order chi connectivity index (χ0) is 29.1. The third kappa shape index (κ3) is 4.47. The number of aromatic nitrogens is 1. The van der Waals surface area contributed by atoms with Crippen LogP contribution in [-0.2, 0) is 6.37 Å². The van der Waals surface area contributed by atoms with E-state index in [2.05, 4.69) is 4.98 Å². The monoisotopic (exact) mass is 368 g/mol. The SMILES string of the molecule is [2H]C([2H])([2H])c1ccc(-c2ccc(C([2H])([2H])C(C)(C)C)cn2)cc1-c1c(C([2H])([2H])[2H])cc(C)cc1C([2H])([2H])[2H]. The molecule has 1 heterocycles. The summed E-state index contributed by atoms with van der Waals surface area (Å²) in [6.07, 6.45) is -0.245. The number of nitrogens with zero attached hydrogens (tertiary/aromatic N) is 1. The van der Waals surface area contributed by atoms with Crippen molar-refractivity contribution in [2.75, 3.05) is 0 Å². The van der Waals surface area contributed by atoms with Gasteiger partial charge in [-0.25, -0.2) is 0 Å². The van der Waals surface area contributed by atoms with Gasteiger partial charge in [-0.3, -0.25) is 4.98 Å². The summed E-state index contributed by atoms with van der Waals surface area (Å²) in [5, 5.41) is 0. The van der Waals surface area contributed by atoms with Gasteiger partial charge in [0, 0.05) is 26.8 Å². The molecule has 0 aliphatic heterocycles. The van der Waals surface area contributed by atoms with E-state index in [1.807, 2.05) is 0 Å². The Balaban J connectivity index is 2.35. The van der Waals surface area contributed by atoms with Gasteiger partial charge >= 0.3 is 0 Å². The van der Waals surface area contributed by atoms with Crippen LogP contribution in [0.15, 0.2) is 48.7 Å². The molecule has 0 radical (unpaired) electrons. The maximum atomic E-state index is 8.48. The van der Waals surface area contributed by atoms with E-state index in [1.54, 1.807) is 39.8 Å². The molecular formula is C26H31N. The van der Waals surface area contributed by atoms with Crippen molar-refractivity contribution < 1.29 is 15.1 Å². The highest BCUT2D eigenvalue weighted by Crippen LogP contribution is 2.34. The second-order valence-corrected chi connectivity index (χ2v) is 7.80. The van der Waals surface area contributed by atoms with E-state index < -0.39 is 32.3 Å². The van der Waals surface area contributed by atoms with Gasteiger partial charge in [0.1, 0.15) is 0 Å². The maximum Gasteiger partial charge on any atom is 0.0702 e. The first-order chi connectivity index (χ1) is 17.0. The van der Waals surface area contributed by atoms with Gasteiger partial charge in [0.05, 0.1) is 5.69 Å². The van der Waals surface area contributed by atoms with Crippen LogP contribution in [0.1, 0.15) is 63.7 Å². The minimum absolute atomic E-state index is 0.0179. The summed E-state index contributed by atoms with van der Waals surface area (Å²) in [7, 11) is 0. The van der Waals surface area contributed by atoms with Crippen LogP contribution in [0.25, 0.3) is 22.4 Å². The lowest BCUT2D eigenvalue weighted by Crippen LogP contribution is -2.09. The fraction of sp³-hybridized carbons (Fsp3) is 0.346. The first-order valence-corrected chi connectivity index (χ1v) is 8.82. The zero-order valence-electron chi connectivity index (χ0n) is 27.1. The van der Waals surface area contributed by atoms with Crippen molar-refractivity contribution in [1.29, 1.82) is 0 Å². The molecule has 0 aliphatic rings. The van der Waals surface area contributed by atoms with E-state index in [9.17, 15) is 0 Å². The molecule has 3 rings (SSSR count). The predicted molar refractivity (Wildman–Crippen MR) is 117 cm³/mol. The van der Waals surface area contributed by atoms with Gasteiger partial charge in [-0.15, -0.1) is 0 Å². The Kier molecular flexibility index (Phi) is 2.62. The fourth-order valence-electron chi connectivity index (χ4n) is 3.06. The molecule has 0 saturated heterocycles. The topological polar surface area (TPSA) is 12.9 Å². The van der Waals surface area contributed by atoms with Gasteiger partial charge < -0.3 is 0 Å². The summed E-state index contributed by atoms with van der Waals surface area (Å²) in [5.41, 5.74) is 0.124. The van der Waals surface area contributed by atoms with Gasteiger partial charge in [0.2, 0.25) is 0 Å². The maximum absolute atomic E-state index is 8.48. The van der Waals surface area contributed by atoms with E-state index >= 15 is 0 Å². The molecule has 0 aliphatic carbocycles. The van der Waals surface area contributed by atoms with Crippen LogP contribution in [0, 0.1) is 32.9 Å². The van der Waals surface area contributed by atoms with Crippen LogP contribution in [0.4, 0.5) is 0 Å². The van der Waals surface area contributed by atoms with Crippen LogP contribution in [-0.4, -0.2) is 4.98 Å². The summed E-state index contributed by atoms with van der Waals surface area (Å²) in [5.74, 6) is 0. The molecule has 3 aromatic rings. The Morgan fingerprint density at radius 2 is 1.63 bits per heavy atom. The van der Waals surface area contributed by atoms with Crippen LogP contribution >= 0.6 is 0 Å². The Morgan fingerprint density at radius 1 is 0.926 bits per heavy atom. The molecule has 1 nitrogen and oxygen atoms in total. The van der Waals surface area contributed by atoms with Crippen molar-refractivity contribution >= 4 is 0 Å². The van der Waals surface area contributed by atoms with Crippen molar-refractivity contribution in [3.05, 3.63) is 76.5 Å². The van der Waals surface area contributed by atoms with E-state index in [1.165, 1.54) is 36.5 Å². The van der Waals surface area contributed by atoms with Gasteiger partial charge in [-0.1, -0.05) is 56.7 Å². The fourth-order valence-corrected chi connectivity index (χ4v) is 3.06. The predicted octanol–water partition coefficient (Wildman–Crippen LogP) is 7.24. The molecule has 0 unspecified atom stereocenters. The normalized spacial score (nSPS) is 19.6. The minimum Gasteiger partial charge on any atom is -0.256 e. The van der Waals surface area contributed by atoms with E-state index in [0.717, 1.165) is 0 Å². The molecule has 0 N–H and O–H groups in total. The zero-order valence-corrected chi connectivity index (χ0v) is 16.1. The number of aryl methyl sites for hydroxylation is 4. The molecule has 27 heavy (non-hydrogen) atoms. The highest BCUT2D eigenvalue weighted by Gasteiger charge is 2.13. The van der Waals surface area contributed by atoms with E-state index in [-0.39, 0.29) is 27.8 Å². The third-order valence-electron chi connectivity index (χ3n) is 4.15. The summed E-state index contributed by atoms with van der Waals surface area (Å²) in [6, 6.07) is 10.3. The summed E-state index contributed by atoms with van der Waals surface area (Å²) in [4.78, 5) is 4.41. The molecule has 0 saturated carbocycles. The summed E-state index contributed by atoms with van der Waals surface area (Å²) in [6.45, 7) is -1.12. The van der Waals surface area contributed by atoms with Crippen LogP contribution in [0.3, 0.4) is 0 Å². The van der Waals surface area contributed by atoms with Crippen molar-refractivity contribution in [3.8, 4) is 22.4 Å². The number of benzene rings is 2. The van der Waals surface area contributed by atoms with Crippen LogP contribution in [0.5, 0.6) is 0 Å². The lowest BCUT2D eigenvalue weighted by Gasteiger charge is -2.18. The molecule has 0 atom stereocenters. The molecule has 140 valence electrons. The van der Waals surface area contributed by atoms with Crippen molar-refractivity contribution in [2.45, 2.75) is 54.6 Å². The Bertz CT molecular complexity index is 1290. The van der Waals surface area contributed by atoms with Gasteiger partial charge in [-0.2, -0.15) is 0 Å². The largest absolute Gasteiger partial charge is 0.256 e. The van der Waals surface area contributed by atoms with Crippen molar-refractivity contribution in [3.63, 3.8) is 0 Å². The Morgan fingerprint density at radius 3 is 2.19 bits per heavy atom. The minimum atomic E-state index is -2.71. The second-order valence-electron chi connectivity index (χ2n) is 7.80. The molecule has 1 heteroatoms. The summed E-state index contributed by atoms with van der Waals surface area (Å²) < 4.78 is 89.8. The molecule has 0 amide bonds. The van der Waals surface area contributed by atoms with Crippen molar-refractivity contribution in [1.82, 2.24) is 4.98 Å². The number of hydrogen-bond acceptors (Lipinski definition) is 1. The summed E-state index contributed by atoms with van der Waals surface area (Å²) >= 11 is 0. The molecule has 0 spiro atoms.